The molecule has 0 unspecified atom stereocenters. The smallest absolute Gasteiger partial charge is 0.345 e. The van der Waals surface area contributed by atoms with Crippen molar-refractivity contribution in [1.29, 1.82) is 0 Å². The first-order valence-corrected chi connectivity index (χ1v) is 9.75. The van der Waals surface area contributed by atoms with Crippen LogP contribution in [0.15, 0.2) is 18.3 Å². The molecular formula is C18H22N4O3S. The maximum atomic E-state index is 11.4. The number of ether oxygens (including phenoxy) is 1. The summed E-state index contributed by atoms with van der Waals surface area (Å²) in [6.45, 7) is 5.08. The van der Waals surface area contributed by atoms with Crippen LogP contribution in [0, 0.1) is 0 Å². The molecule has 8 heteroatoms. The standard InChI is InChI=1S/C18H22N4O3S/c1-2-19-14-3-7-20-17(21-14)22-8-5-18(6-9-22)15-12(4-10-25-18)11-13(26-15)16(23)24/h3,7,11H,2,4-6,8-10H2,1H3,(H,23,24)(H,19,20,21). The molecule has 0 saturated carbocycles. The predicted octanol–water partition coefficient (Wildman–Crippen LogP) is 2.74. The van der Waals surface area contributed by atoms with Crippen molar-refractivity contribution in [3.63, 3.8) is 0 Å². The molecule has 4 heterocycles. The number of aromatic nitrogens is 2. The number of aromatic carboxylic acids is 1. The van der Waals surface area contributed by atoms with Gasteiger partial charge in [0.15, 0.2) is 0 Å². The molecule has 2 aromatic heterocycles. The Hall–Kier alpha value is -2.19. The van der Waals surface area contributed by atoms with Crippen molar-refractivity contribution in [3.05, 3.63) is 33.6 Å². The molecule has 0 aromatic carbocycles. The third kappa shape index (κ3) is 3.03. The lowest BCUT2D eigenvalue weighted by Gasteiger charge is -2.43. The molecule has 0 radical (unpaired) electrons. The van der Waals surface area contributed by atoms with Crippen molar-refractivity contribution in [1.82, 2.24) is 9.97 Å². The number of anilines is 2. The third-order valence-corrected chi connectivity index (χ3v) is 6.39. The van der Waals surface area contributed by atoms with Gasteiger partial charge in [-0.2, -0.15) is 4.98 Å². The molecule has 1 spiro atoms. The number of rotatable bonds is 4. The summed E-state index contributed by atoms with van der Waals surface area (Å²) >= 11 is 1.37. The first kappa shape index (κ1) is 17.2. The quantitative estimate of drug-likeness (QED) is 0.851. The number of hydrogen-bond donors (Lipinski definition) is 2. The Kier molecular flexibility index (Phi) is 4.54. The lowest BCUT2D eigenvalue weighted by molar-refractivity contribution is -0.0736. The van der Waals surface area contributed by atoms with Gasteiger partial charge in [0.25, 0.3) is 0 Å². The highest BCUT2D eigenvalue weighted by Gasteiger charge is 2.43. The van der Waals surface area contributed by atoms with E-state index >= 15 is 0 Å². The van der Waals surface area contributed by atoms with E-state index in [0.717, 1.165) is 61.1 Å². The molecule has 0 bridgehead atoms. The van der Waals surface area contributed by atoms with Crippen LogP contribution in [0.5, 0.6) is 0 Å². The van der Waals surface area contributed by atoms with Crippen molar-refractivity contribution >= 4 is 29.1 Å². The van der Waals surface area contributed by atoms with E-state index in [1.54, 1.807) is 6.20 Å². The Labute approximate surface area is 156 Å². The van der Waals surface area contributed by atoms with Crippen LogP contribution in [0.4, 0.5) is 11.8 Å². The highest BCUT2D eigenvalue weighted by molar-refractivity contribution is 7.14. The number of thiophene rings is 1. The van der Waals surface area contributed by atoms with Crippen LogP contribution in [0.2, 0.25) is 0 Å². The largest absolute Gasteiger partial charge is 0.477 e. The van der Waals surface area contributed by atoms with Crippen LogP contribution in [0.3, 0.4) is 0 Å². The number of hydrogen-bond acceptors (Lipinski definition) is 7. The second-order valence-corrected chi connectivity index (χ2v) is 7.67. The van der Waals surface area contributed by atoms with Gasteiger partial charge in [-0.25, -0.2) is 9.78 Å². The highest BCUT2D eigenvalue weighted by atomic mass is 32.1. The summed E-state index contributed by atoms with van der Waals surface area (Å²) in [7, 11) is 0. The Morgan fingerprint density at radius 1 is 1.46 bits per heavy atom. The van der Waals surface area contributed by atoms with E-state index < -0.39 is 5.97 Å². The average Bonchev–Trinajstić information content (AvgIpc) is 3.09. The minimum absolute atomic E-state index is 0.359. The molecule has 0 amide bonds. The summed E-state index contributed by atoms with van der Waals surface area (Å²) in [5.74, 6) is 0.704. The van der Waals surface area contributed by atoms with Crippen LogP contribution in [-0.2, 0) is 16.8 Å². The molecule has 2 aromatic rings. The number of carbonyl (C=O) groups is 1. The number of carboxylic acid groups (broad SMARTS) is 1. The predicted molar refractivity (Wildman–Crippen MR) is 100 cm³/mol. The third-order valence-electron chi connectivity index (χ3n) is 5.04. The van der Waals surface area contributed by atoms with Crippen LogP contribution < -0.4 is 10.2 Å². The summed E-state index contributed by atoms with van der Waals surface area (Å²) in [6.07, 6.45) is 4.19. The van der Waals surface area contributed by atoms with Crippen molar-refractivity contribution in [3.8, 4) is 0 Å². The fraction of sp³-hybridized carbons (Fsp3) is 0.500. The summed E-state index contributed by atoms with van der Waals surface area (Å²) in [4.78, 5) is 24.0. The van der Waals surface area contributed by atoms with E-state index in [4.69, 9.17) is 4.74 Å². The van der Waals surface area contributed by atoms with Crippen molar-refractivity contribution in [2.24, 2.45) is 0 Å². The summed E-state index contributed by atoms with van der Waals surface area (Å²) in [5.41, 5.74) is 0.777. The zero-order valence-corrected chi connectivity index (χ0v) is 15.5. The molecule has 2 aliphatic rings. The zero-order valence-electron chi connectivity index (χ0n) is 14.7. The number of piperidine rings is 1. The molecule has 2 N–H and O–H groups in total. The van der Waals surface area contributed by atoms with Gasteiger partial charge in [0.05, 0.1) is 6.61 Å². The second-order valence-electron chi connectivity index (χ2n) is 6.62. The van der Waals surface area contributed by atoms with Gasteiger partial charge in [-0.3, -0.25) is 0 Å². The Balaban J connectivity index is 1.54. The maximum absolute atomic E-state index is 11.4. The second kappa shape index (κ2) is 6.85. The van der Waals surface area contributed by atoms with Crippen LogP contribution in [0.1, 0.15) is 39.9 Å². The van der Waals surface area contributed by atoms with Gasteiger partial charge in [0.1, 0.15) is 16.3 Å². The minimum Gasteiger partial charge on any atom is -0.477 e. The van der Waals surface area contributed by atoms with Crippen LogP contribution in [-0.4, -0.2) is 47.3 Å². The first-order chi connectivity index (χ1) is 12.6. The molecular weight excluding hydrogens is 352 g/mol. The van der Waals surface area contributed by atoms with E-state index in [0.29, 0.717) is 11.5 Å². The molecule has 7 nitrogen and oxygen atoms in total. The SMILES string of the molecule is CCNc1ccnc(N2CCC3(CC2)OCCc2cc(C(=O)O)sc23)n1. The Bertz CT molecular complexity index is 815. The van der Waals surface area contributed by atoms with Gasteiger partial charge in [0.2, 0.25) is 5.95 Å². The van der Waals surface area contributed by atoms with E-state index in [1.165, 1.54) is 11.3 Å². The Morgan fingerprint density at radius 3 is 3.00 bits per heavy atom. The summed E-state index contributed by atoms with van der Waals surface area (Å²) in [5, 5.41) is 12.5. The van der Waals surface area contributed by atoms with E-state index in [2.05, 4.69) is 20.2 Å². The fourth-order valence-corrected chi connectivity index (χ4v) is 5.00. The normalized spacial score (nSPS) is 18.6. The molecule has 4 rings (SSSR count). The van der Waals surface area contributed by atoms with Crippen LogP contribution >= 0.6 is 11.3 Å². The summed E-state index contributed by atoms with van der Waals surface area (Å²) in [6, 6.07) is 3.69. The zero-order chi connectivity index (χ0) is 18.1. The van der Waals surface area contributed by atoms with E-state index in [-0.39, 0.29) is 5.60 Å². The molecule has 0 aliphatic carbocycles. The Morgan fingerprint density at radius 2 is 2.27 bits per heavy atom. The lowest BCUT2D eigenvalue weighted by Crippen LogP contribution is -2.46. The van der Waals surface area contributed by atoms with Gasteiger partial charge < -0.3 is 20.1 Å². The maximum Gasteiger partial charge on any atom is 0.345 e. The molecule has 138 valence electrons. The van der Waals surface area contributed by atoms with Gasteiger partial charge in [-0.1, -0.05) is 0 Å². The van der Waals surface area contributed by atoms with E-state index in [9.17, 15) is 9.90 Å². The van der Waals surface area contributed by atoms with Crippen molar-refractivity contribution in [2.45, 2.75) is 31.8 Å². The number of carboxylic acids is 1. The minimum atomic E-state index is -0.856. The molecule has 26 heavy (non-hydrogen) atoms. The van der Waals surface area contributed by atoms with Gasteiger partial charge in [-0.05, 0) is 43.9 Å². The van der Waals surface area contributed by atoms with Crippen molar-refractivity contribution < 1.29 is 14.6 Å². The monoisotopic (exact) mass is 374 g/mol. The van der Waals surface area contributed by atoms with E-state index in [1.807, 2.05) is 19.1 Å². The highest BCUT2D eigenvalue weighted by Crippen LogP contribution is 2.45. The first-order valence-electron chi connectivity index (χ1n) is 8.93. The summed E-state index contributed by atoms with van der Waals surface area (Å²) < 4.78 is 6.21. The topological polar surface area (TPSA) is 87.6 Å². The average molecular weight is 374 g/mol. The fourth-order valence-electron chi connectivity index (χ4n) is 3.75. The lowest BCUT2D eigenvalue weighted by atomic mass is 9.85. The number of nitrogens with zero attached hydrogens (tertiary/aromatic N) is 3. The molecule has 1 saturated heterocycles. The molecule has 2 aliphatic heterocycles. The molecule has 1 fully saturated rings. The van der Waals surface area contributed by atoms with Gasteiger partial charge in [0, 0.05) is 30.7 Å². The van der Waals surface area contributed by atoms with Gasteiger partial charge >= 0.3 is 5.97 Å². The number of nitrogens with one attached hydrogen (secondary N) is 1. The van der Waals surface area contributed by atoms with Gasteiger partial charge in [-0.15, -0.1) is 11.3 Å². The number of fused-ring (bicyclic) bond motifs is 2. The van der Waals surface area contributed by atoms with Crippen molar-refractivity contribution in [2.75, 3.05) is 36.5 Å². The molecule has 0 atom stereocenters. The van der Waals surface area contributed by atoms with Crippen LogP contribution in [0.25, 0.3) is 0 Å².